The molecule has 4 amide bonds. The van der Waals surface area contributed by atoms with Gasteiger partial charge >= 0.3 is 12.1 Å². The zero-order valence-corrected chi connectivity index (χ0v) is 13.5. The molecule has 0 heterocycles. The number of amides is 4. The van der Waals surface area contributed by atoms with Crippen LogP contribution in [0.3, 0.4) is 0 Å². The number of carbonyl (C=O) groups is 4. The minimum atomic E-state index is -0.870. The first-order chi connectivity index (χ1) is 12.2. The van der Waals surface area contributed by atoms with Crippen LogP contribution < -0.4 is 33.2 Å². The zero-order valence-electron chi connectivity index (χ0n) is 13.5. The molecule has 0 spiro atoms. The fraction of sp³-hybridized carbons (Fsp3) is 0. The number of nitrogens with two attached hydrogens (primary N) is 4. The van der Waals surface area contributed by atoms with Gasteiger partial charge in [-0.3, -0.25) is 9.59 Å². The van der Waals surface area contributed by atoms with Crippen LogP contribution in [0.2, 0.25) is 0 Å². The van der Waals surface area contributed by atoms with E-state index in [0.29, 0.717) is 10.0 Å². The van der Waals surface area contributed by atoms with Crippen molar-refractivity contribution in [2.75, 3.05) is 10.0 Å². The van der Waals surface area contributed by atoms with Gasteiger partial charge in [0, 0.05) is 11.1 Å². The number of hydrogen-bond acceptors (Lipinski definition) is 6. The molecule has 0 aliphatic rings. The molecule has 0 atom stereocenters. The molecule has 0 aliphatic carbocycles. The van der Waals surface area contributed by atoms with E-state index in [1.54, 1.807) is 0 Å². The molecule has 0 fully saturated rings. The molecule has 10 nitrogen and oxygen atoms in total. The van der Waals surface area contributed by atoms with Crippen LogP contribution in [-0.4, -0.2) is 23.6 Å². The van der Waals surface area contributed by atoms with Crippen LogP contribution in [0.4, 0.5) is 21.0 Å². The minimum Gasteiger partial charge on any atom is -0.350 e. The molecule has 0 saturated carbocycles. The second kappa shape index (κ2) is 7.42. The highest BCUT2D eigenvalue weighted by Crippen LogP contribution is 2.17. The van der Waals surface area contributed by atoms with Crippen molar-refractivity contribution in [2.24, 2.45) is 23.2 Å². The van der Waals surface area contributed by atoms with Crippen LogP contribution in [0.15, 0.2) is 48.5 Å². The molecule has 0 bridgehead atoms. The van der Waals surface area contributed by atoms with Gasteiger partial charge < -0.3 is 11.5 Å². The van der Waals surface area contributed by atoms with Gasteiger partial charge in [-0.05, 0) is 48.5 Å². The van der Waals surface area contributed by atoms with E-state index in [2.05, 4.69) is 0 Å². The van der Waals surface area contributed by atoms with Crippen molar-refractivity contribution < 1.29 is 19.2 Å². The van der Waals surface area contributed by atoms with Gasteiger partial charge in [-0.2, -0.15) is 0 Å². The van der Waals surface area contributed by atoms with E-state index >= 15 is 0 Å². The highest BCUT2D eigenvalue weighted by atomic mass is 16.2. The summed E-state index contributed by atoms with van der Waals surface area (Å²) in [6.45, 7) is 0. The van der Waals surface area contributed by atoms with Crippen molar-refractivity contribution in [1.82, 2.24) is 0 Å². The molecule has 2 aromatic carbocycles. The molecular weight excluding hydrogens is 340 g/mol. The Morgan fingerprint density at radius 3 is 1.08 bits per heavy atom. The summed E-state index contributed by atoms with van der Waals surface area (Å²) in [7, 11) is 0. The lowest BCUT2D eigenvalue weighted by Gasteiger charge is -2.14. The Kier molecular flexibility index (Phi) is 5.30. The number of Topliss-reactive ketones (excluding diaryl/α,β-unsaturated/α-hetero) is 2. The van der Waals surface area contributed by atoms with Gasteiger partial charge in [-0.1, -0.05) is 0 Å². The summed E-state index contributed by atoms with van der Waals surface area (Å²) in [6.07, 6.45) is 0. The van der Waals surface area contributed by atoms with Crippen molar-refractivity contribution in [3.63, 3.8) is 0 Å². The lowest BCUT2D eigenvalue weighted by atomic mass is 10.0. The molecule has 8 N–H and O–H groups in total. The summed E-state index contributed by atoms with van der Waals surface area (Å²) in [4.78, 5) is 46.6. The maximum atomic E-state index is 12.3. The smallest absolute Gasteiger partial charge is 0.333 e. The van der Waals surface area contributed by atoms with Crippen molar-refractivity contribution >= 4 is 35.0 Å². The summed E-state index contributed by atoms with van der Waals surface area (Å²) < 4.78 is 0. The van der Waals surface area contributed by atoms with Crippen molar-refractivity contribution in [3.8, 4) is 0 Å². The summed E-state index contributed by atoms with van der Waals surface area (Å²) in [5, 5.41) is 1.40. The number of hydrogen-bond donors (Lipinski definition) is 4. The molecular formula is C16H16N6O4. The Bertz CT molecular complexity index is 790. The number of urea groups is 2. The quantitative estimate of drug-likeness (QED) is 0.196. The summed E-state index contributed by atoms with van der Waals surface area (Å²) in [6, 6.07) is 9.18. The Hall–Kier alpha value is -3.76. The van der Waals surface area contributed by atoms with Gasteiger partial charge in [0.25, 0.3) is 0 Å². The Balaban J connectivity index is 2.18. The van der Waals surface area contributed by atoms with E-state index in [1.807, 2.05) is 0 Å². The fourth-order valence-electron chi connectivity index (χ4n) is 2.06. The van der Waals surface area contributed by atoms with Gasteiger partial charge in [-0.15, -0.1) is 0 Å². The SMILES string of the molecule is NC(=O)N(N)c1ccc(C(=O)C(=O)c2ccc(N(N)C(N)=O)cc2)cc1. The average Bonchev–Trinajstić information content (AvgIpc) is 2.65. The summed E-state index contributed by atoms with van der Waals surface area (Å²) in [5.41, 5.74) is 10.8. The number of carbonyl (C=O) groups excluding carboxylic acids is 4. The number of benzene rings is 2. The normalized spacial score (nSPS) is 10.1. The number of nitrogens with zero attached hydrogens (tertiary/aromatic N) is 2. The van der Waals surface area contributed by atoms with Crippen molar-refractivity contribution in [3.05, 3.63) is 59.7 Å². The Morgan fingerprint density at radius 1 is 0.577 bits per heavy atom. The first kappa shape index (κ1) is 18.6. The third-order valence-electron chi connectivity index (χ3n) is 3.50. The number of anilines is 2. The van der Waals surface area contributed by atoms with Gasteiger partial charge in [0.05, 0.1) is 11.4 Å². The second-order valence-corrected chi connectivity index (χ2v) is 5.17. The number of ketones is 2. The summed E-state index contributed by atoms with van der Waals surface area (Å²) >= 11 is 0. The molecule has 0 unspecified atom stereocenters. The Morgan fingerprint density at radius 2 is 0.846 bits per heavy atom. The van der Waals surface area contributed by atoms with Gasteiger partial charge in [-0.25, -0.2) is 31.3 Å². The van der Waals surface area contributed by atoms with Crippen LogP contribution in [-0.2, 0) is 0 Å². The number of rotatable bonds is 5. The third-order valence-corrected chi connectivity index (χ3v) is 3.50. The van der Waals surface area contributed by atoms with E-state index < -0.39 is 23.6 Å². The number of hydrazine groups is 2. The van der Waals surface area contributed by atoms with E-state index in [-0.39, 0.29) is 22.5 Å². The zero-order chi connectivity index (χ0) is 19.4. The predicted molar refractivity (Wildman–Crippen MR) is 94.0 cm³/mol. The lowest BCUT2D eigenvalue weighted by molar-refractivity contribution is 0.0817. The minimum absolute atomic E-state index is 0.110. The second-order valence-electron chi connectivity index (χ2n) is 5.17. The molecule has 0 saturated heterocycles. The van der Waals surface area contributed by atoms with Crippen LogP contribution in [0.5, 0.6) is 0 Å². The Labute approximate surface area is 147 Å². The van der Waals surface area contributed by atoms with Gasteiger partial charge in [0.1, 0.15) is 0 Å². The lowest BCUT2D eigenvalue weighted by Crippen LogP contribution is -2.41. The monoisotopic (exact) mass is 356 g/mol. The molecule has 134 valence electrons. The molecule has 0 aromatic heterocycles. The van der Waals surface area contributed by atoms with Crippen molar-refractivity contribution in [1.29, 1.82) is 0 Å². The molecule has 0 radical (unpaired) electrons. The predicted octanol–water partition coefficient (Wildman–Crippen LogP) is 0.270. The van der Waals surface area contributed by atoms with Crippen LogP contribution in [0, 0.1) is 0 Å². The molecule has 0 aliphatic heterocycles. The largest absolute Gasteiger partial charge is 0.350 e. The molecule has 2 rings (SSSR count). The standard InChI is InChI=1S/C16H16N6O4/c17-15(25)21(19)11-5-1-9(2-6-11)13(23)14(24)10-3-7-12(8-4-10)22(20)16(18)26/h1-8H,19-20H2,(H2,17,25)(H2,18,26). The van der Waals surface area contributed by atoms with Gasteiger partial charge in [0.2, 0.25) is 11.6 Å². The fourth-order valence-corrected chi connectivity index (χ4v) is 2.06. The molecule has 2 aromatic rings. The van der Waals surface area contributed by atoms with E-state index in [9.17, 15) is 19.2 Å². The third kappa shape index (κ3) is 3.83. The maximum absolute atomic E-state index is 12.3. The highest BCUT2D eigenvalue weighted by molar-refractivity contribution is 6.49. The van der Waals surface area contributed by atoms with Crippen LogP contribution in [0.25, 0.3) is 0 Å². The molecule has 10 heteroatoms. The van der Waals surface area contributed by atoms with E-state index in [0.717, 1.165) is 0 Å². The molecule has 26 heavy (non-hydrogen) atoms. The first-order valence-electron chi connectivity index (χ1n) is 7.20. The topological polar surface area (TPSA) is 179 Å². The first-order valence-corrected chi connectivity index (χ1v) is 7.20. The maximum Gasteiger partial charge on any atom is 0.333 e. The summed E-state index contributed by atoms with van der Waals surface area (Å²) in [5.74, 6) is 9.35. The highest BCUT2D eigenvalue weighted by Gasteiger charge is 2.19. The van der Waals surface area contributed by atoms with Gasteiger partial charge in [0.15, 0.2) is 0 Å². The van der Waals surface area contributed by atoms with E-state index in [1.165, 1.54) is 48.5 Å². The van der Waals surface area contributed by atoms with E-state index in [4.69, 9.17) is 23.2 Å². The van der Waals surface area contributed by atoms with Crippen LogP contribution in [0.1, 0.15) is 20.7 Å². The van der Waals surface area contributed by atoms with Crippen molar-refractivity contribution in [2.45, 2.75) is 0 Å². The average molecular weight is 356 g/mol. The van der Waals surface area contributed by atoms with Crippen LogP contribution >= 0.6 is 0 Å². The number of primary amides is 2.